The lowest BCUT2D eigenvalue weighted by molar-refractivity contribution is 0.265. The highest BCUT2D eigenvalue weighted by molar-refractivity contribution is 8.00. The smallest absolute Gasteiger partial charge is 0.0853 e. The Morgan fingerprint density at radius 1 is 0.905 bits per heavy atom. The Labute approximate surface area is 130 Å². The molecule has 0 unspecified atom stereocenters. The van der Waals surface area contributed by atoms with Gasteiger partial charge in [0.1, 0.15) is 0 Å². The summed E-state index contributed by atoms with van der Waals surface area (Å²) in [6.07, 6.45) is 0. The van der Waals surface area contributed by atoms with Crippen LogP contribution in [0.3, 0.4) is 0 Å². The van der Waals surface area contributed by atoms with Crippen molar-refractivity contribution in [2.75, 3.05) is 0 Å². The molecule has 0 saturated carbocycles. The first-order valence-corrected chi connectivity index (χ1v) is 7.74. The summed E-state index contributed by atoms with van der Waals surface area (Å²) in [7, 11) is 0. The lowest BCUT2D eigenvalue weighted by Crippen LogP contribution is -2.06. The number of aromatic nitrogens is 1. The van der Waals surface area contributed by atoms with Crippen LogP contribution >= 0.6 is 11.8 Å². The summed E-state index contributed by atoms with van der Waals surface area (Å²) in [5.41, 5.74) is 3.17. The largest absolute Gasteiger partial charge is 0.390 e. The van der Waals surface area contributed by atoms with Gasteiger partial charge in [-0.2, -0.15) is 0 Å². The number of aliphatic hydroxyl groups excluding tert-OH is 2. The quantitative estimate of drug-likeness (QED) is 0.847. The molecule has 21 heavy (non-hydrogen) atoms. The van der Waals surface area contributed by atoms with E-state index in [4.69, 9.17) is 0 Å². The van der Waals surface area contributed by atoms with Gasteiger partial charge in [-0.3, -0.25) is 4.98 Å². The molecule has 0 amide bonds. The van der Waals surface area contributed by atoms with Gasteiger partial charge in [0.2, 0.25) is 0 Å². The van der Waals surface area contributed by atoms with Gasteiger partial charge in [-0.05, 0) is 35.4 Å². The molecule has 1 heterocycles. The fourth-order valence-electron chi connectivity index (χ4n) is 2.05. The van der Waals surface area contributed by atoms with E-state index < -0.39 is 0 Å². The van der Waals surface area contributed by atoms with E-state index in [1.807, 2.05) is 23.9 Å². The number of hydrogen-bond donors (Lipinski definition) is 2. The average molecular weight is 303 g/mol. The topological polar surface area (TPSA) is 53.4 Å². The summed E-state index contributed by atoms with van der Waals surface area (Å²) in [5, 5.41) is 18.5. The molecule has 1 aromatic heterocycles. The van der Waals surface area contributed by atoms with Crippen molar-refractivity contribution in [3.63, 3.8) is 0 Å². The lowest BCUT2D eigenvalue weighted by Gasteiger charge is -2.17. The molecule has 0 aliphatic heterocycles. The first kappa shape index (κ1) is 16.0. The maximum atomic E-state index is 9.25. The first-order chi connectivity index (χ1) is 9.91. The normalized spacial score (nSPS) is 11.7. The lowest BCUT2D eigenvalue weighted by atomic mass is 10.0. The van der Waals surface area contributed by atoms with Gasteiger partial charge in [0, 0.05) is 9.64 Å². The van der Waals surface area contributed by atoms with E-state index in [1.165, 1.54) is 4.90 Å². The summed E-state index contributed by atoms with van der Waals surface area (Å²) in [6.45, 7) is 6.32. The predicted octanol–water partition coefficient (Wildman–Crippen LogP) is 3.62. The Balaban J connectivity index is 2.30. The molecule has 0 bridgehead atoms. The van der Waals surface area contributed by atoms with E-state index in [9.17, 15) is 10.2 Å². The molecule has 0 aliphatic rings. The maximum absolute atomic E-state index is 9.25. The minimum Gasteiger partial charge on any atom is -0.390 e. The summed E-state index contributed by atoms with van der Waals surface area (Å²) in [6, 6.07) is 12.0. The highest BCUT2D eigenvalue weighted by Gasteiger charge is 2.12. The Hall–Kier alpha value is -1.36. The fraction of sp³-hybridized carbons (Fsp3) is 0.353. The van der Waals surface area contributed by atoms with Gasteiger partial charge < -0.3 is 10.2 Å². The third-order valence-electron chi connectivity index (χ3n) is 2.87. The van der Waals surface area contributed by atoms with Crippen LogP contribution in [-0.4, -0.2) is 19.9 Å². The zero-order chi connectivity index (χ0) is 15.5. The molecule has 0 saturated heterocycles. The molecule has 4 heteroatoms. The van der Waals surface area contributed by atoms with Crippen LogP contribution in [0.15, 0.2) is 41.3 Å². The van der Waals surface area contributed by atoms with Gasteiger partial charge in [-0.1, -0.05) is 32.9 Å². The van der Waals surface area contributed by atoms with Crippen LogP contribution < -0.4 is 0 Å². The van der Waals surface area contributed by atoms with Gasteiger partial charge in [-0.15, -0.1) is 11.8 Å². The van der Waals surface area contributed by atoms with Crippen LogP contribution in [0.5, 0.6) is 0 Å². The average Bonchev–Trinajstić information content (AvgIpc) is 2.45. The second-order valence-electron chi connectivity index (χ2n) is 5.89. The molecule has 1 aromatic carbocycles. The third-order valence-corrected chi connectivity index (χ3v) is 3.99. The van der Waals surface area contributed by atoms with Crippen LogP contribution in [0.1, 0.15) is 32.2 Å². The zero-order valence-electron chi connectivity index (χ0n) is 12.6. The molecule has 112 valence electrons. The minimum absolute atomic E-state index is 0.126. The third kappa shape index (κ3) is 4.56. The summed E-state index contributed by atoms with van der Waals surface area (Å²) >= 11 is 1.83. The van der Waals surface area contributed by atoms with Crippen molar-refractivity contribution < 1.29 is 10.2 Å². The Kier molecular flexibility index (Phi) is 5.04. The van der Waals surface area contributed by atoms with Crippen LogP contribution in [0.4, 0.5) is 0 Å². The number of nitrogens with zero attached hydrogens (tertiary/aromatic N) is 1. The first-order valence-electron chi connectivity index (χ1n) is 6.92. The van der Waals surface area contributed by atoms with Gasteiger partial charge in [0.25, 0.3) is 0 Å². The van der Waals surface area contributed by atoms with Gasteiger partial charge >= 0.3 is 0 Å². The SMILES string of the molecule is CC(C)(C)Sc1ccc(-c2cc(CO)nc(CO)c2)cc1. The number of rotatable bonds is 4. The van der Waals surface area contributed by atoms with Crippen LogP contribution in [-0.2, 0) is 13.2 Å². The molecule has 2 aromatic rings. The number of thioether (sulfide) groups is 1. The van der Waals surface area contributed by atoms with Crippen molar-refractivity contribution in [2.45, 2.75) is 43.6 Å². The van der Waals surface area contributed by atoms with Crippen LogP contribution in [0.25, 0.3) is 11.1 Å². The summed E-state index contributed by atoms with van der Waals surface area (Å²) in [4.78, 5) is 5.38. The van der Waals surface area contributed by atoms with E-state index in [2.05, 4.69) is 50.0 Å². The number of hydrogen-bond acceptors (Lipinski definition) is 4. The van der Waals surface area contributed by atoms with Crippen molar-refractivity contribution in [3.05, 3.63) is 47.8 Å². The Bertz CT molecular complexity index is 581. The molecule has 0 atom stereocenters. The van der Waals surface area contributed by atoms with Crippen molar-refractivity contribution in [1.82, 2.24) is 4.98 Å². The molecule has 0 spiro atoms. The molecule has 0 aliphatic carbocycles. The molecule has 3 nitrogen and oxygen atoms in total. The van der Waals surface area contributed by atoms with Crippen LogP contribution in [0.2, 0.25) is 0 Å². The van der Waals surface area contributed by atoms with Crippen molar-refractivity contribution in [1.29, 1.82) is 0 Å². The van der Waals surface area contributed by atoms with E-state index >= 15 is 0 Å². The maximum Gasteiger partial charge on any atom is 0.0853 e. The van der Waals surface area contributed by atoms with Crippen LogP contribution in [0, 0.1) is 0 Å². The monoisotopic (exact) mass is 303 g/mol. The zero-order valence-corrected chi connectivity index (χ0v) is 13.4. The number of pyridine rings is 1. The molecule has 2 rings (SSSR count). The van der Waals surface area contributed by atoms with E-state index in [0.29, 0.717) is 11.4 Å². The van der Waals surface area contributed by atoms with E-state index in [0.717, 1.165) is 11.1 Å². The van der Waals surface area contributed by atoms with Crippen molar-refractivity contribution >= 4 is 11.8 Å². The van der Waals surface area contributed by atoms with E-state index in [1.54, 1.807) is 0 Å². The fourth-order valence-corrected chi connectivity index (χ4v) is 3.03. The van der Waals surface area contributed by atoms with E-state index in [-0.39, 0.29) is 18.0 Å². The second kappa shape index (κ2) is 6.60. The molecule has 2 N–H and O–H groups in total. The Morgan fingerprint density at radius 3 is 1.86 bits per heavy atom. The Morgan fingerprint density at radius 2 is 1.43 bits per heavy atom. The predicted molar refractivity (Wildman–Crippen MR) is 87.1 cm³/mol. The van der Waals surface area contributed by atoms with Gasteiger partial charge in [0.15, 0.2) is 0 Å². The van der Waals surface area contributed by atoms with Crippen molar-refractivity contribution in [2.24, 2.45) is 0 Å². The highest BCUT2D eigenvalue weighted by atomic mass is 32.2. The van der Waals surface area contributed by atoms with Gasteiger partial charge in [0.05, 0.1) is 24.6 Å². The molecule has 0 fully saturated rings. The highest BCUT2D eigenvalue weighted by Crippen LogP contribution is 2.33. The second-order valence-corrected chi connectivity index (χ2v) is 7.79. The standard InChI is InChI=1S/C17H21NO2S/c1-17(2,3)21-16-6-4-12(5-7-16)13-8-14(10-19)18-15(9-13)11-20/h4-9,19-20H,10-11H2,1-3H3. The minimum atomic E-state index is -0.126. The molecular formula is C17H21NO2S. The van der Waals surface area contributed by atoms with Gasteiger partial charge in [-0.25, -0.2) is 0 Å². The number of aliphatic hydroxyl groups is 2. The molecular weight excluding hydrogens is 282 g/mol. The summed E-state index contributed by atoms with van der Waals surface area (Å²) in [5.74, 6) is 0. The number of benzene rings is 1. The summed E-state index contributed by atoms with van der Waals surface area (Å²) < 4.78 is 0.187. The molecule has 0 radical (unpaired) electrons. The van der Waals surface area contributed by atoms with Crippen molar-refractivity contribution in [3.8, 4) is 11.1 Å².